The zero-order valence-electron chi connectivity index (χ0n) is 14.8. The Morgan fingerprint density at radius 2 is 1.74 bits per heavy atom. The maximum atomic E-state index is 11.8. The first-order chi connectivity index (χ1) is 10.9. The molecule has 0 aromatic heterocycles. The van der Waals surface area contributed by atoms with Crippen LogP contribution in [0.5, 0.6) is 0 Å². The van der Waals surface area contributed by atoms with Crippen LogP contribution in [0.15, 0.2) is 24.3 Å². The van der Waals surface area contributed by atoms with Gasteiger partial charge in [-0.25, -0.2) is 4.79 Å². The second-order valence-electron chi connectivity index (χ2n) is 7.41. The summed E-state index contributed by atoms with van der Waals surface area (Å²) in [6.45, 7) is 7.84. The predicted molar refractivity (Wildman–Crippen MR) is 96.0 cm³/mol. The Labute approximate surface area is 140 Å². The second kappa shape index (κ2) is 7.71. The summed E-state index contributed by atoms with van der Waals surface area (Å²) < 4.78 is 5.26. The minimum absolute atomic E-state index is 0.420. The molecule has 1 aliphatic rings. The number of carbonyl (C=O) groups excluding carboxylic acids is 1. The Morgan fingerprint density at radius 1 is 1.13 bits per heavy atom. The van der Waals surface area contributed by atoms with E-state index in [9.17, 15) is 4.79 Å². The summed E-state index contributed by atoms with van der Waals surface area (Å²) in [5.74, 6) is 0.767. The van der Waals surface area contributed by atoms with Crippen molar-refractivity contribution in [1.29, 1.82) is 0 Å². The van der Waals surface area contributed by atoms with Gasteiger partial charge in [0.2, 0.25) is 0 Å². The fourth-order valence-corrected chi connectivity index (χ4v) is 3.17. The average molecular weight is 318 g/mol. The summed E-state index contributed by atoms with van der Waals surface area (Å²) in [7, 11) is 0. The average Bonchev–Trinajstić information content (AvgIpc) is 2.48. The van der Waals surface area contributed by atoms with Gasteiger partial charge in [-0.05, 0) is 63.8 Å². The third-order valence-electron chi connectivity index (χ3n) is 4.32. The Bertz CT molecular complexity index is 505. The fraction of sp³-hybridized carbons (Fsp3) is 0.632. The van der Waals surface area contributed by atoms with Crippen molar-refractivity contribution >= 4 is 17.5 Å². The molecule has 1 aromatic rings. The van der Waals surface area contributed by atoms with Crippen molar-refractivity contribution in [2.24, 2.45) is 5.92 Å². The van der Waals surface area contributed by atoms with Crippen LogP contribution in [0.4, 0.5) is 16.2 Å². The van der Waals surface area contributed by atoms with Crippen molar-refractivity contribution in [3.05, 3.63) is 24.3 Å². The van der Waals surface area contributed by atoms with Gasteiger partial charge in [-0.15, -0.1) is 0 Å². The molecule has 2 unspecified atom stereocenters. The van der Waals surface area contributed by atoms with Crippen molar-refractivity contribution in [3.63, 3.8) is 0 Å². The van der Waals surface area contributed by atoms with E-state index < -0.39 is 11.7 Å². The molecule has 4 nitrogen and oxygen atoms in total. The van der Waals surface area contributed by atoms with Crippen molar-refractivity contribution in [3.8, 4) is 0 Å². The van der Waals surface area contributed by atoms with Crippen molar-refractivity contribution < 1.29 is 9.53 Å². The molecule has 0 radical (unpaired) electrons. The molecule has 0 spiro atoms. The number of anilines is 2. The van der Waals surface area contributed by atoms with Gasteiger partial charge in [-0.3, -0.25) is 5.32 Å². The number of ether oxygens (including phenoxy) is 1. The smallest absolute Gasteiger partial charge is 0.412 e. The van der Waals surface area contributed by atoms with E-state index >= 15 is 0 Å². The topological polar surface area (TPSA) is 50.4 Å². The molecular formula is C19H30N2O2. The summed E-state index contributed by atoms with van der Waals surface area (Å²) in [4.78, 5) is 11.8. The molecule has 23 heavy (non-hydrogen) atoms. The van der Waals surface area contributed by atoms with Crippen molar-refractivity contribution in [2.75, 3.05) is 10.6 Å². The summed E-state index contributed by atoms with van der Waals surface area (Å²) in [5.41, 5.74) is 1.38. The fourth-order valence-electron chi connectivity index (χ4n) is 3.17. The maximum absolute atomic E-state index is 11.8. The Balaban J connectivity index is 1.90. The Hall–Kier alpha value is -1.71. The second-order valence-corrected chi connectivity index (χ2v) is 7.41. The number of nitrogens with one attached hydrogen (secondary N) is 2. The van der Waals surface area contributed by atoms with Gasteiger partial charge in [-0.2, -0.15) is 0 Å². The van der Waals surface area contributed by atoms with Crippen molar-refractivity contribution in [2.45, 2.75) is 71.4 Å². The lowest BCUT2D eigenvalue weighted by Crippen LogP contribution is -2.31. The summed E-state index contributed by atoms with van der Waals surface area (Å²) in [6.07, 6.45) is 6.05. The van der Waals surface area contributed by atoms with Gasteiger partial charge >= 0.3 is 6.09 Å². The third kappa shape index (κ3) is 5.77. The van der Waals surface area contributed by atoms with Crippen LogP contribution >= 0.6 is 0 Å². The van der Waals surface area contributed by atoms with Gasteiger partial charge in [0.25, 0.3) is 0 Å². The lowest BCUT2D eigenvalue weighted by Gasteiger charge is -2.32. The molecule has 1 amide bonds. The van der Waals surface area contributed by atoms with Crippen LogP contribution in [0, 0.1) is 5.92 Å². The third-order valence-corrected chi connectivity index (χ3v) is 4.32. The van der Waals surface area contributed by atoms with Gasteiger partial charge in [0.15, 0.2) is 0 Å². The highest BCUT2D eigenvalue weighted by Gasteiger charge is 2.23. The van der Waals surface area contributed by atoms with Gasteiger partial charge < -0.3 is 10.1 Å². The lowest BCUT2D eigenvalue weighted by atomic mass is 9.83. The molecule has 0 aliphatic heterocycles. The highest BCUT2D eigenvalue weighted by molar-refractivity contribution is 5.85. The number of hydrogen-bond donors (Lipinski definition) is 2. The van der Waals surface area contributed by atoms with Crippen LogP contribution in [-0.2, 0) is 4.74 Å². The van der Waals surface area contributed by atoms with Crippen molar-refractivity contribution in [1.82, 2.24) is 0 Å². The monoisotopic (exact) mass is 318 g/mol. The molecule has 1 aliphatic carbocycles. The van der Waals surface area contributed by atoms with Crippen LogP contribution in [0.3, 0.4) is 0 Å². The van der Waals surface area contributed by atoms with Gasteiger partial charge in [-0.1, -0.05) is 26.2 Å². The predicted octanol–water partition coefficient (Wildman–Crippen LogP) is 5.41. The quantitative estimate of drug-likeness (QED) is 0.780. The number of hydrogen-bond acceptors (Lipinski definition) is 3. The standard InChI is InChI=1S/C19H30N2O2/c1-5-14-8-6-7-9-17(14)20-15-10-12-16(13-11-15)21-18(22)23-19(2,3)4/h10-14,17,20H,5-9H2,1-4H3,(H,21,22). The first-order valence-electron chi connectivity index (χ1n) is 8.74. The maximum Gasteiger partial charge on any atom is 0.412 e. The molecule has 128 valence electrons. The zero-order chi connectivity index (χ0) is 16.9. The molecule has 4 heteroatoms. The highest BCUT2D eigenvalue weighted by atomic mass is 16.6. The lowest BCUT2D eigenvalue weighted by molar-refractivity contribution is 0.0636. The first-order valence-corrected chi connectivity index (χ1v) is 8.74. The van der Waals surface area contributed by atoms with Crippen LogP contribution in [-0.4, -0.2) is 17.7 Å². The molecule has 1 aromatic carbocycles. The number of amides is 1. The van der Waals surface area contributed by atoms with E-state index in [-0.39, 0.29) is 0 Å². The minimum Gasteiger partial charge on any atom is -0.444 e. The van der Waals surface area contributed by atoms with Gasteiger partial charge in [0, 0.05) is 17.4 Å². The molecule has 0 bridgehead atoms. The summed E-state index contributed by atoms with van der Waals surface area (Å²) >= 11 is 0. The Morgan fingerprint density at radius 3 is 2.35 bits per heavy atom. The molecule has 0 heterocycles. The highest BCUT2D eigenvalue weighted by Crippen LogP contribution is 2.29. The molecule has 2 N–H and O–H groups in total. The summed E-state index contributed by atoms with van der Waals surface area (Å²) in [6, 6.07) is 8.44. The van der Waals surface area contributed by atoms with Crippen LogP contribution in [0.25, 0.3) is 0 Å². The van der Waals surface area contributed by atoms with E-state index in [0.29, 0.717) is 6.04 Å². The van der Waals surface area contributed by atoms with Crippen LogP contribution in [0.1, 0.15) is 59.8 Å². The van der Waals surface area contributed by atoms with E-state index in [2.05, 4.69) is 17.6 Å². The largest absolute Gasteiger partial charge is 0.444 e. The minimum atomic E-state index is -0.484. The molecule has 0 saturated heterocycles. The molecule has 2 atom stereocenters. The first kappa shape index (κ1) is 17.6. The van der Waals surface area contributed by atoms with E-state index in [0.717, 1.165) is 17.3 Å². The molecule has 2 rings (SSSR count). The van der Waals surface area contributed by atoms with E-state index in [1.54, 1.807) is 0 Å². The number of rotatable bonds is 4. The molecular weight excluding hydrogens is 288 g/mol. The van der Waals surface area contributed by atoms with Gasteiger partial charge in [0.1, 0.15) is 5.60 Å². The van der Waals surface area contributed by atoms with Crippen LogP contribution < -0.4 is 10.6 Å². The number of carbonyl (C=O) groups is 1. The number of benzene rings is 1. The zero-order valence-corrected chi connectivity index (χ0v) is 14.8. The Kier molecular flexibility index (Phi) is 5.91. The van der Waals surface area contributed by atoms with Gasteiger partial charge in [0.05, 0.1) is 0 Å². The normalized spacial score (nSPS) is 21.6. The molecule has 1 saturated carbocycles. The summed E-state index contributed by atoms with van der Waals surface area (Å²) in [5, 5.41) is 6.42. The molecule has 1 fully saturated rings. The van der Waals surface area contributed by atoms with E-state index in [1.165, 1.54) is 32.1 Å². The van der Waals surface area contributed by atoms with Crippen LogP contribution in [0.2, 0.25) is 0 Å². The SMILES string of the molecule is CCC1CCCCC1Nc1ccc(NC(=O)OC(C)(C)C)cc1. The van der Waals surface area contributed by atoms with E-state index in [1.807, 2.05) is 45.0 Å². The van der Waals surface area contributed by atoms with E-state index in [4.69, 9.17) is 4.74 Å².